The van der Waals surface area contributed by atoms with Gasteiger partial charge in [-0.05, 0) is 42.2 Å². The largest absolute Gasteiger partial charge is 0.469 e. The summed E-state index contributed by atoms with van der Waals surface area (Å²) >= 11 is 0. The van der Waals surface area contributed by atoms with Gasteiger partial charge in [0.25, 0.3) is 0 Å². The van der Waals surface area contributed by atoms with Crippen LogP contribution in [0.2, 0.25) is 0 Å². The number of ether oxygens (including phenoxy) is 3. The highest BCUT2D eigenvalue weighted by molar-refractivity contribution is 6.10. The van der Waals surface area contributed by atoms with E-state index in [0.29, 0.717) is 24.5 Å². The highest BCUT2D eigenvalue weighted by Gasteiger charge is 2.52. The Hall–Kier alpha value is -3.02. The lowest BCUT2D eigenvalue weighted by Gasteiger charge is -2.29. The predicted molar refractivity (Wildman–Crippen MR) is 113 cm³/mol. The lowest BCUT2D eigenvalue weighted by Crippen LogP contribution is -2.42. The fourth-order valence-corrected chi connectivity index (χ4v) is 4.49. The fourth-order valence-electron chi connectivity index (χ4n) is 4.49. The Bertz CT molecular complexity index is 956. The molecule has 2 aromatic carbocycles. The predicted octanol–water partition coefficient (Wildman–Crippen LogP) is 4.19. The fraction of sp³-hybridized carbons (Fsp3) is 0.417. The third-order valence-corrected chi connectivity index (χ3v) is 6.05. The maximum atomic E-state index is 14.0. The van der Waals surface area contributed by atoms with Gasteiger partial charge in [-0.15, -0.1) is 0 Å². The molecule has 0 fully saturated rings. The third-order valence-electron chi connectivity index (χ3n) is 6.05. The number of rotatable bonds is 8. The van der Waals surface area contributed by atoms with Crippen LogP contribution in [0.1, 0.15) is 50.2 Å². The minimum atomic E-state index is -0.960. The first-order valence-electron chi connectivity index (χ1n) is 10.5. The van der Waals surface area contributed by atoms with E-state index in [0.717, 1.165) is 36.1 Å². The number of carbonyl (C=O) groups excluding carboxylic acids is 2. The summed E-state index contributed by atoms with van der Waals surface area (Å²) in [6, 6.07) is 13.5. The number of para-hydroxylation sites is 1. The number of hydrogen-bond donors (Lipinski definition) is 0. The van der Waals surface area contributed by atoms with Gasteiger partial charge in [-0.3, -0.25) is 9.59 Å². The molecule has 1 unspecified atom stereocenters. The first-order chi connectivity index (χ1) is 14.6. The quantitative estimate of drug-likeness (QED) is 0.483. The molecule has 2 heterocycles. The van der Waals surface area contributed by atoms with Crippen LogP contribution in [0, 0.1) is 0 Å². The molecular formula is C24H27NO5. The van der Waals surface area contributed by atoms with E-state index in [4.69, 9.17) is 14.2 Å². The molecule has 158 valence electrons. The lowest BCUT2D eigenvalue weighted by molar-refractivity contribution is -0.141. The van der Waals surface area contributed by atoms with Crippen molar-refractivity contribution in [3.05, 3.63) is 53.6 Å². The Balaban J connectivity index is 1.82. The highest BCUT2D eigenvalue weighted by atomic mass is 16.7. The van der Waals surface area contributed by atoms with Crippen LogP contribution in [0.15, 0.2) is 42.5 Å². The molecule has 4 rings (SSSR count). The molecule has 0 aliphatic carbocycles. The molecular weight excluding hydrogens is 382 g/mol. The van der Waals surface area contributed by atoms with E-state index < -0.39 is 5.41 Å². The number of amides is 1. The van der Waals surface area contributed by atoms with Crippen LogP contribution in [0.3, 0.4) is 0 Å². The number of methoxy groups -OCH3 is 1. The summed E-state index contributed by atoms with van der Waals surface area (Å²) in [7, 11) is 1.37. The summed E-state index contributed by atoms with van der Waals surface area (Å²) < 4.78 is 15.9. The van der Waals surface area contributed by atoms with Gasteiger partial charge in [-0.1, -0.05) is 44.0 Å². The molecule has 0 bridgehead atoms. The molecule has 0 aromatic heterocycles. The van der Waals surface area contributed by atoms with Gasteiger partial charge in [-0.25, -0.2) is 0 Å². The van der Waals surface area contributed by atoms with E-state index >= 15 is 0 Å². The van der Waals surface area contributed by atoms with Gasteiger partial charge in [0.2, 0.25) is 12.7 Å². The van der Waals surface area contributed by atoms with E-state index in [1.807, 2.05) is 47.4 Å². The van der Waals surface area contributed by atoms with Gasteiger partial charge >= 0.3 is 5.97 Å². The van der Waals surface area contributed by atoms with E-state index in [1.54, 1.807) is 0 Å². The van der Waals surface area contributed by atoms with Gasteiger partial charge in [0.1, 0.15) is 5.41 Å². The van der Waals surface area contributed by atoms with Crippen LogP contribution in [-0.4, -0.2) is 32.3 Å². The molecule has 6 nitrogen and oxygen atoms in total. The molecule has 2 aliphatic rings. The van der Waals surface area contributed by atoms with Gasteiger partial charge in [0.15, 0.2) is 11.5 Å². The van der Waals surface area contributed by atoms with Crippen LogP contribution in [0.5, 0.6) is 11.5 Å². The van der Waals surface area contributed by atoms with Crippen molar-refractivity contribution >= 4 is 17.6 Å². The summed E-state index contributed by atoms with van der Waals surface area (Å²) in [5, 5.41) is 0. The van der Waals surface area contributed by atoms with Crippen molar-refractivity contribution in [1.82, 2.24) is 0 Å². The second-order valence-corrected chi connectivity index (χ2v) is 7.73. The third kappa shape index (κ3) is 3.30. The number of fused-ring (bicyclic) bond motifs is 2. The van der Waals surface area contributed by atoms with Crippen molar-refractivity contribution in [2.75, 3.05) is 25.3 Å². The van der Waals surface area contributed by atoms with E-state index in [2.05, 4.69) is 6.92 Å². The maximum Gasteiger partial charge on any atom is 0.305 e. The number of nitrogens with zero attached hydrogens (tertiary/aromatic N) is 1. The maximum absolute atomic E-state index is 14.0. The first-order valence-corrected chi connectivity index (χ1v) is 10.5. The van der Waals surface area contributed by atoms with E-state index in [9.17, 15) is 9.59 Å². The minimum Gasteiger partial charge on any atom is -0.469 e. The minimum absolute atomic E-state index is 0.00238. The van der Waals surface area contributed by atoms with E-state index in [1.165, 1.54) is 7.11 Å². The summed E-state index contributed by atoms with van der Waals surface area (Å²) in [4.78, 5) is 27.9. The zero-order valence-electron chi connectivity index (χ0n) is 17.5. The number of benzene rings is 2. The Morgan fingerprint density at radius 3 is 2.73 bits per heavy atom. The Labute approximate surface area is 176 Å². The summed E-state index contributed by atoms with van der Waals surface area (Å²) in [5.74, 6) is 0.965. The summed E-state index contributed by atoms with van der Waals surface area (Å²) in [5.41, 5.74) is 1.69. The molecule has 1 atom stereocenters. The summed E-state index contributed by atoms with van der Waals surface area (Å²) in [6.07, 6.45) is 3.56. The zero-order chi connectivity index (χ0) is 21.1. The number of anilines is 1. The van der Waals surface area contributed by atoms with E-state index in [-0.39, 0.29) is 25.1 Å². The van der Waals surface area contributed by atoms with Crippen LogP contribution in [-0.2, 0) is 19.7 Å². The monoisotopic (exact) mass is 409 g/mol. The molecule has 30 heavy (non-hydrogen) atoms. The van der Waals surface area contributed by atoms with Crippen LogP contribution in [0.4, 0.5) is 5.69 Å². The average molecular weight is 409 g/mol. The zero-order valence-corrected chi connectivity index (χ0v) is 17.5. The molecule has 0 spiro atoms. The van der Waals surface area contributed by atoms with Crippen molar-refractivity contribution in [3.63, 3.8) is 0 Å². The smallest absolute Gasteiger partial charge is 0.305 e. The van der Waals surface area contributed by atoms with Gasteiger partial charge < -0.3 is 19.1 Å². The molecule has 0 N–H and O–H groups in total. The number of unbranched alkanes of at least 4 members (excludes halogenated alkanes) is 2. The Morgan fingerprint density at radius 2 is 1.93 bits per heavy atom. The average Bonchev–Trinajstić information content (AvgIpc) is 3.33. The standard InChI is InChI=1S/C24H27NO5/c1-3-4-7-14-25-19-9-6-5-8-18(19)24(23(25)27,13-12-22(26)28-2)17-10-11-20-21(15-17)30-16-29-20/h5-6,8-11,15H,3-4,7,12-14,16H2,1-2H3. The van der Waals surface area contributed by atoms with Gasteiger partial charge in [0, 0.05) is 18.7 Å². The number of esters is 1. The highest BCUT2D eigenvalue weighted by Crippen LogP contribution is 2.50. The molecule has 0 saturated carbocycles. The molecule has 0 radical (unpaired) electrons. The van der Waals surface area contributed by atoms with Crippen LogP contribution < -0.4 is 14.4 Å². The van der Waals surface area contributed by atoms with Crippen molar-refractivity contribution in [2.45, 2.75) is 44.4 Å². The molecule has 6 heteroatoms. The lowest BCUT2D eigenvalue weighted by atomic mass is 9.72. The topological polar surface area (TPSA) is 65.1 Å². The molecule has 2 aliphatic heterocycles. The molecule has 1 amide bonds. The van der Waals surface area contributed by atoms with Crippen molar-refractivity contribution < 1.29 is 23.8 Å². The molecule has 0 saturated heterocycles. The van der Waals surface area contributed by atoms with Gasteiger partial charge in [-0.2, -0.15) is 0 Å². The van der Waals surface area contributed by atoms with Crippen LogP contribution >= 0.6 is 0 Å². The normalized spacial score (nSPS) is 19.1. The second kappa shape index (κ2) is 8.38. The number of carbonyl (C=O) groups is 2. The van der Waals surface area contributed by atoms with Gasteiger partial charge in [0.05, 0.1) is 7.11 Å². The Kier molecular flexibility index (Phi) is 5.66. The second-order valence-electron chi connectivity index (χ2n) is 7.73. The van der Waals surface area contributed by atoms with Crippen LogP contribution in [0.25, 0.3) is 0 Å². The van der Waals surface area contributed by atoms with Crippen molar-refractivity contribution in [2.24, 2.45) is 0 Å². The molecule has 2 aromatic rings. The number of hydrogen-bond acceptors (Lipinski definition) is 5. The summed E-state index contributed by atoms with van der Waals surface area (Å²) in [6.45, 7) is 2.98. The Morgan fingerprint density at radius 1 is 1.13 bits per heavy atom. The SMILES string of the molecule is CCCCCN1C(=O)C(CCC(=O)OC)(c2ccc3c(c2)OCO3)c2ccccc21. The first kappa shape index (κ1) is 20.3. The van der Waals surface area contributed by atoms with Crippen molar-refractivity contribution in [1.29, 1.82) is 0 Å². The van der Waals surface area contributed by atoms with Crippen molar-refractivity contribution in [3.8, 4) is 11.5 Å².